The topological polar surface area (TPSA) is 53.7 Å². The van der Waals surface area contributed by atoms with Crippen molar-refractivity contribution in [1.29, 1.82) is 0 Å². The second-order valence-electron chi connectivity index (χ2n) is 5.52. The monoisotopic (exact) mass is 273 g/mol. The predicted octanol–water partition coefficient (Wildman–Crippen LogP) is 1.52. The molecule has 0 amide bonds. The molecule has 1 aliphatic carbocycles. The summed E-state index contributed by atoms with van der Waals surface area (Å²) in [6.07, 6.45) is 5.73. The normalized spacial score (nSPS) is 39.5. The van der Waals surface area contributed by atoms with Gasteiger partial charge in [0, 0.05) is 36.5 Å². The number of rotatable bonds is 3. The van der Waals surface area contributed by atoms with Crippen LogP contribution in [-0.4, -0.2) is 48.8 Å². The van der Waals surface area contributed by atoms with Gasteiger partial charge in [-0.25, -0.2) is 0 Å². The molecule has 2 heterocycles. The Morgan fingerprint density at radius 2 is 2.00 bits per heavy atom. The Kier molecular flexibility index (Phi) is 4.15. The summed E-state index contributed by atoms with van der Waals surface area (Å²) in [7, 11) is 0. The highest BCUT2D eigenvalue weighted by molar-refractivity contribution is 8.00. The van der Waals surface area contributed by atoms with Crippen LogP contribution in [0.1, 0.15) is 32.1 Å². The minimum absolute atomic E-state index is 0.273. The number of hydrogen-bond acceptors (Lipinski definition) is 5. The van der Waals surface area contributed by atoms with Crippen LogP contribution in [0, 0.1) is 0 Å². The van der Waals surface area contributed by atoms with E-state index < -0.39 is 0 Å². The van der Waals surface area contributed by atoms with E-state index in [1.807, 2.05) is 11.8 Å². The van der Waals surface area contributed by atoms with Gasteiger partial charge < -0.3 is 19.9 Å². The fraction of sp³-hybridized carbons (Fsp3) is 1.00. The maximum absolute atomic E-state index is 6.24. The first kappa shape index (κ1) is 13.2. The van der Waals surface area contributed by atoms with Gasteiger partial charge in [0.1, 0.15) is 0 Å². The predicted molar refractivity (Wildman–Crippen MR) is 71.7 cm³/mol. The first-order valence-corrected chi connectivity index (χ1v) is 8.09. The molecular weight excluding hydrogens is 250 g/mol. The Morgan fingerprint density at radius 3 is 2.72 bits per heavy atom. The highest BCUT2D eigenvalue weighted by atomic mass is 32.2. The summed E-state index contributed by atoms with van der Waals surface area (Å²) in [4.78, 5) is 0. The molecule has 2 N–H and O–H groups in total. The SMILES string of the molecule is NC1CCC2(CC1SCC1CCCO1)OCCO2. The summed E-state index contributed by atoms with van der Waals surface area (Å²) < 4.78 is 17.3. The average Bonchev–Trinajstić information content (AvgIpc) is 3.03. The molecule has 3 unspecified atom stereocenters. The van der Waals surface area contributed by atoms with Gasteiger partial charge in [-0.05, 0) is 19.3 Å². The van der Waals surface area contributed by atoms with Gasteiger partial charge >= 0.3 is 0 Å². The maximum atomic E-state index is 6.24. The molecule has 2 saturated heterocycles. The molecule has 3 atom stereocenters. The minimum Gasteiger partial charge on any atom is -0.377 e. The van der Waals surface area contributed by atoms with Gasteiger partial charge in [-0.2, -0.15) is 11.8 Å². The Labute approximate surface area is 113 Å². The molecule has 0 aromatic heterocycles. The molecule has 5 heteroatoms. The van der Waals surface area contributed by atoms with Crippen molar-refractivity contribution >= 4 is 11.8 Å². The summed E-state index contributed by atoms with van der Waals surface area (Å²) >= 11 is 1.95. The van der Waals surface area contributed by atoms with Gasteiger partial charge in [-0.3, -0.25) is 0 Å². The molecule has 1 saturated carbocycles. The van der Waals surface area contributed by atoms with E-state index in [0.717, 1.165) is 44.8 Å². The van der Waals surface area contributed by atoms with Crippen LogP contribution >= 0.6 is 11.8 Å². The lowest BCUT2D eigenvalue weighted by Gasteiger charge is -2.39. The zero-order valence-corrected chi connectivity index (χ0v) is 11.6. The van der Waals surface area contributed by atoms with E-state index in [2.05, 4.69) is 0 Å². The Hall–Kier alpha value is 0.190. The lowest BCUT2D eigenvalue weighted by atomic mass is 9.90. The first-order valence-electron chi connectivity index (χ1n) is 7.04. The second-order valence-corrected chi connectivity index (χ2v) is 6.79. The minimum atomic E-state index is -0.315. The van der Waals surface area contributed by atoms with Crippen molar-refractivity contribution in [1.82, 2.24) is 0 Å². The van der Waals surface area contributed by atoms with Crippen molar-refractivity contribution in [2.75, 3.05) is 25.6 Å². The summed E-state index contributed by atoms with van der Waals surface area (Å²) in [5, 5.41) is 0.445. The zero-order valence-electron chi connectivity index (χ0n) is 10.8. The molecule has 1 spiro atoms. The molecule has 0 aromatic carbocycles. The standard InChI is InChI=1S/C13H23NO3S/c14-11-3-4-13(16-6-7-17-13)8-12(11)18-9-10-2-1-5-15-10/h10-12H,1-9,14H2. The molecule has 0 aromatic rings. The third kappa shape index (κ3) is 2.85. The van der Waals surface area contributed by atoms with E-state index in [0.29, 0.717) is 11.4 Å². The zero-order chi connectivity index (χ0) is 12.4. The van der Waals surface area contributed by atoms with Crippen LogP contribution in [0.15, 0.2) is 0 Å². The van der Waals surface area contributed by atoms with Crippen molar-refractivity contribution in [3.05, 3.63) is 0 Å². The van der Waals surface area contributed by atoms with Gasteiger partial charge in [0.15, 0.2) is 5.79 Å². The van der Waals surface area contributed by atoms with Crippen molar-refractivity contribution in [2.24, 2.45) is 5.73 Å². The molecule has 3 rings (SSSR count). The molecule has 18 heavy (non-hydrogen) atoms. The van der Waals surface area contributed by atoms with E-state index in [4.69, 9.17) is 19.9 Å². The van der Waals surface area contributed by atoms with E-state index in [1.165, 1.54) is 12.8 Å². The van der Waals surface area contributed by atoms with Gasteiger partial charge in [0.2, 0.25) is 0 Å². The molecule has 0 radical (unpaired) electrons. The Morgan fingerprint density at radius 1 is 1.17 bits per heavy atom. The Balaban J connectivity index is 1.52. The molecule has 3 fully saturated rings. The van der Waals surface area contributed by atoms with E-state index >= 15 is 0 Å². The third-order valence-electron chi connectivity index (χ3n) is 4.18. The molecule has 3 aliphatic rings. The number of thioether (sulfide) groups is 1. The van der Waals surface area contributed by atoms with Crippen LogP contribution in [-0.2, 0) is 14.2 Å². The molecule has 104 valence electrons. The van der Waals surface area contributed by atoms with Crippen LogP contribution in [0.5, 0.6) is 0 Å². The maximum Gasteiger partial charge on any atom is 0.169 e. The van der Waals surface area contributed by atoms with Gasteiger partial charge in [0.25, 0.3) is 0 Å². The fourth-order valence-corrected chi connectivity index (χ4v) is 4.56. The first-order chi connectivity index (χ1) is 8.77. The summed E-state index contributed by atoms with van der Waals surface area (Å²) in [5.74, 6) is 0.749. The molecular formula is C13H23NO3S. The van der Waals surface area contributed by atoms with Gasteiger partial charge in [-0.1, -0.05) is 0 Å². The van der Waals surface area contributed by atoms with E-state index in [9.17, 15) is 0 Å². The highest BCUT2D eigenvalue weighted by Gasteiger charge is 2.44. The smallest absolute Gasteiger partial charge is 0.169 e. The molecule has 2 aliphatic heterocycles. The van der Waals surface area contributed by atoms with Crippen LogP contribution in [0.4, 0.5) is 0 Å². The Bertz CT molecular complexity index is 277. The largest absolute Gasteiger partial charge is 0.377 e. The number of nitrogens with two attached hydrogens (primary N) is 1. The van der Waals surface area contributed by atoms with Crippen LogP contribution < -0.4 is 5.73 Å². The molecule has 4 nitrogen and oxygen atoms in total. The van der Waals surface area contributed by atoms with Crippen molar-refractivity contribution < 1.29 is 14.2 Å². The van der Waals surface area contributed by atoms with E-state index in [1.54, 1.807) is 0 Å². The van der Waals surface area contributed by atoms with Crippen LogP contribution in [0.25, 0.3) is 0 Å². The lowest BCUT2D eigenvalue weighted by molar-refractivity contribution is -0.176. The lowest BCUT2D eigenvalue weighted by Crippen LogP contribution is -2.47. The number of hydrogen-bond donors (Lipinski definition) is 1. The van der Waals surface area contributed by atoms with Crippen molar-refractivity contribution in [2.45, 2.75) is 55.3 Å². The fourth-order valence-electron chi connectivity index (χ4n) is 3.08. The summed E-state index contributed by atoms with van der Waals surface area (Å²) in [6, 6.07) is 0.273. The van der Waals surface area contributed by atoms with Gasteiger partial charge in [-0.15, -0.1) is 0 Å². The third-order valence-corrected chi connectivity index (χ3v) is 5.69. The van der Waals surface area contributed by atoms with Crippen LogP contribution in [0.3, 0.4) is 0 Å². The second kappa shape index (κ2) is 5.67. The number of ether oxygens (including phenoxy) is 3. The highest BCUT2D eigenvalue weighted by Crippen LogP contribution is 2.40. The average molecular weight is 273 g/mol. The quantitative estimate of drug-likeness (QED) is 0.845. The van der Waals surface area contributed by atoms with Crippen molar-refractivity contribution in [3.63, 3.8) is 0 Å². The van der Waals surface area contributed by atoms with Crippen molar-refractivity contribution in [3.8, 4) is 0 Å². The molecule has 0 bridgehead atoms. The summed E-state index contributed by atoms with van der Waals surface area (Å²) in [6.45, 7) is 2.40. The van der Waals surface area contributed by atoms with Gasteiger partial charge in [0.05, 0.1) is 19.3 Å². The summed E-state index contributed by atoms with van der Waals surface area (Å²) in [5.41, 5.74) is 6.24. The van der Waals surface area contributed by atoms with E-state index in [-0.39, 0.29) is 11.8 Å². The van der Waals surface area contributed by atoms with Crippen LogP contribution in [0.2, 0.25) is 0 Å².